The van der Waals surface area contributed by atoms with Crippen molar-refractivity contribution in [3.05, 3.63) is 78.5 Å². The zero-order chi connectivity index (χ0) is 49.7. The van der Waals surface area contributed by atoms with Crippen molar-refractivity contribution in [3.8, 4) is 23.1 Å². The zero-order valence-corrected chi connectivity index (χ0v) is 37.4. The second-order valence-electron chi connectivity index (χ2n) is 17.8. The van der Waals surface area contributed by atoms with Crippen LogP contribution in [0.3, 0.4) is 0 Å². The highest BCUT2D eigenvalue weighted by atomic mass is 16.7. The van der Waals surface area contributed by atoms with Gasteiger partial charge >= 0.3 is 0 Å². The molecule has 3 saturated heterocycles. The van der Waals surface area contributed by atoms with Crippen LogP contribution in [0.4, 0.5) is 0 Å². The van der Waals surface area contributed by atoms with Crippen molar-refractivity contribution in [2.75, 3.05) is 26.4 Å². The summed E-state index contributed by atoms with van der Waals surface area (Å²) < 4.78 is 32.8. The number of aliphatic hydroxyl groups excluding tert-OH is 12. The summed E-state index contributed by atoms with van der Waals surface area (Å²) in [7, 11) is 0. The second kappa shape index (κ2) is 23.3. The number of H-pyrrole nitrogens is 2. The minimum Gasteiger partial charge on any atom is -0.508 e. The number of pyridine rings is 2. The Hall–Kier alpha value is -4.32. The van der Waals surface area contributed by atoms with Crippen LogP contribution in [0, 0.1) is 0 Å². The fourth-order valence-corrected chi connectivity index (χ4v) is 9.15. The molecule has 0 spiro atoms. The van der Waals surface area contributed by atoms with E-state index in [-0.39, 0.29) is 22.7 Å². The van der Waals surface area contributed by atoms with Gasteiger partial charge in [0.15, 0.2) is 5.88 Å². The van der Waals surface area contributed by atoms with E-state index in [1.165, 1.54) is 18.2 Å². The molecule has 0 amide bonds. The molecule has 16 N–H and O–H groups in total. The highest BCUT2D eigenvalue weighted by Crippen LogP contribution is 2.35. The molecule has 1 aromatic carbocycles. The largest absolute Gasteiger partial charge is 0.508 e. The molecule has 9 rings (SSSR count). The smallest absolute Gasteiger partial charge is 0.251 e. The van der Waals surface area contributed by atoms with Crippen LogP contribution in [-0.4, -0.2) is 195 Å². The Labute approximate surface area is 393 Å². The first-order valence-electron chi connectivity index (χ1n) is 23.0. The molecule has 24 heteroatoms. The first-order chi connectivity index (χ1) is 33.0. The van der Waals surface area contributed by atoms with E-state index in [0.29, 0.717) is 18.0 Å². The number of ether oxygens (including phenoxy) is 6. The Morgan fingerprint density at radius 3 is 1.51 bits per heavy atom. The third-order valence-electron chi connectivity index (χ3n) is 13.1. The SMILES string of the molecule is O=c1cc(O[C@@H]2OC(CO)[C@@H](O)[C@H](O)C2O)c2c([nH]1)CCCC2.O=c1cc2c(c(O[C@@H]3OC(CO)[C@@H](O)[C@H](O)C3O)[nH]1)CCCC2.OCC1O[C@@H](Oc2cc(O)cc3c2CNCC3)C(O)[C@@H](O)[C@@H]1O. The van der Waals surface area contributed by atoms with E-state index in [2.05, 4.69) is 15.3 Å². The fraction of sp³-hybridized carbons (Fsp3) is 0.644. The van der Waals surface area contributed by atoms with Crippen LogP contribution >= 0.6 is 0 Å². The van der Waals surface area contributed by atoms with E-state index < -0.39 is 112 Å². The van der Waals surface area contributed by atoms with Gasteiger partial charge < -0.3 is 105 Å². The molecule has 6 unspecified atom stereocenters. The standard InChI is InChI=1S/3C15H21NO7/c17-6-11-12(19)13(20)14(21)15(23-11)22-10-4-8(18)3-7-1-2-16-5-9(7)10;17-6-10-12(19)13(20)14(21)15(23-10)22-9-5-11(18)16-8-4-2-1-3-7(8)9;17-6-9-11(19)12(20)13(21)15(22-9)23-14-8-4-2-1-3-7(8)5-10(18)16-14/h3-4,11-21H,1-2,5-6H2;5,10,12-15,17,19-21H,1-4,6H2,(H,16,18);5,9,11-13,15,17,19-21H,1-4,6H2,(H,16,18)/t11?,12-,13+,14?,15-;10?,12-,13+,14?,15-;9?,11-,12+,13?,15+/m111/s1. The van der Waals surface area contributed by atoms with Crippen molar-refractivity contribution in [1.29, 1.82) is 0 Å². The number of aromatic amines is 2. The van der Waals surface area contributed by atoms with Crippen LogP contribution in [0.2, 0.25) is 0 Å². The Kier molecular flexibility index (Phi) is 17.7. The predicted octanol–water partition coefficient (Wildman–Crippen LogP) is -4.92. The summed E-state index contributed by atoms with van der Waals surface area (Å²) in [6.07, 6.45) is -12.7. The van der Waals surface area contributed by atoms with Crippen LogP contribution in [0.5, 0.6) is 23.1 Å². The van der Waals surface area contributed by atoms with E-state index >= 15 is 0 Å². The number of phenolic OH excluding ortho intramolecular Hbond substituents is 1. The number of aromatic nitrogens is 2. The first-order valence-corrected chi connectivity index (χ1v) is 23.0. The molecule has 24 nitrogen and oxygen atoms in total. The molecular weight excluding hydrogens is 918 g/mol. The lowest BCUT2D eigenvalue weighted by atomic mass is 9.93. The second-order valence-corrected chi connectivity index (χ2v) is 17.8. The normalized spacial score (nSPS) is 34.0. The maximum atomic E-state index is 11.8. The summed E-state index contributed by atoms with van der Waals surface area (Å²) in [5, 5.41) is 129. The summed E-state index contributed by atoms with van der Waals surface area (Å²) >= 11 is 0. The van der Waals surface area contributed by atoms with Gasteiger partial charge in [-0.1, -0.05) is 0 Å². The first kappa shape index (κ1) is 52.5. The summed E-state index contributed by atoms with van der Waals surface area (Å²) in [6, 6.07) is 5.89. The van der Waals surface area contributed by atoms with Crippen molar-refractivity contribution in [2.45, 2.75) is 156 Å². The fourth-order valence-electron chi connectivity index (χ4n) is 9.15. The minimum atomic E-state index is -1.52. The number of hydrogen-bond donors (Lipinski definition) is 16. The summed E-state index contributed by atoms with van der Waals surface area (Å²) in [6.45, 7) is -0.255. The molecule has 0 bridgehead atoms. The van der Waals surface area contributed by atoms with Gasteiger partial charge in [0.05, 0.1) is 19.8 Å². The highest BCUT2D eigenvalue weighted by Gasteiger charge is 2.47. The Bertz CT molecular complexity index is 2180. The average Bonchev–Trinajstić information content (AvgIpc) is 3.34. The van der Waals surface area contributed by atoms with Gasteiger partial charge in [-0.3, -0.25) is 14.6 Å². The van der Waals surface area contributed by atoms with Gasteiger partial charge in [-0.05, 0) is 81.5 Å². The Balaban J connectivity index is 0.000000153. The number of rotatable bonds is 9. The molecule has 384 valence electrons. The van der Waals surface area contributed by atoms with Crippen molar-refractivity contribution in [3.63, 3.8) is 0 Å². The molecule has 0 saturated carbocycles. The van der Waals surface area contributed by atoms with Gasteiger partial charge in [-0.15, -0.1) is 0 Å². The van der Waals surface area contributed by atoms with Gasteiger partial charge in [0.1, 0.15) is 90.5 Å². The number of nitrogens with one attached hydrogen (secondary N) is 3. The number of benzene rings is 1. The van der Waals surface area contributed by atoms with Gasteiger partial charge in [-0.2, -0.15) is 0 Å². The minimum absolute atomic E-state index is 0.0326. The third-order valence-corrected chi connectivity index (χ3v) is 13.1. The molecule has 6 heterocycles. The van der Waals surface area contributed by atoms with E-state index in [4.69, 9.17) is 28.4 Å². The number of phenols is 1. The molecule has 69 heavy (non-hydrogen) atoms. The molecule has 6 aliphatic rings. The van der Waals surface area contributed by atoms with E-state index in [1.54, 1.807) is 6.07 Å². The highest BCUT2D eigenvalue weighted by molar-refractivity contribution is 5.47. The zero-order valence-electron chi connectivity index (χ0n) is 37.4. The molecule has 2 aromatic heterocycles. The summed E-state index contributed by atoms with van der Waals surface area (Å²) in [5.41, 5.74) is 4.56. The topological polar surface area (TPSA) is 396 Å². The van der Waals surface area contributed by atoms with Gasteiger partial charge in [0.2, 0.25) is 18.9 Å². The molecular formula is C45H63N3O21. The van der Waals surface area contributed by atoms with Crippen LogP contribution in [0.15, 0.2) is 33.9 Å². The summed E-state index contributed by atoms with van der Waals surface area (Å²) in [4.78, 5) is 28.9. The number of aromatic hydroxyl groups is 1. The maximum absolute atomic E-state index is 11.8. The summed E-state index contributed by atoms with van der Waals surface area (Å²) in [5.74, 6) is 0.867. The van der Waals surface area contributed by atoms with Crippen LogP contribution in [-0.2, 0) is 52.9 Å². The maximum Gasteiger partial charge on any atom is 0.251 e. The van der Waals surface area contributed by atoms with Gasteiger partial charge in [0.25, 0.3) is 11.1 Å². The molecule has 3 fully saturated rings. The van der Waals surface area contributed by atoms with Crippen molar-refractivity contribution in [1.82, 2.24) is 15.3 Å². The number of hydrogen-bond acceptors (Lipinski definition) is 22. The molecule has 2 aliphatic carbocycles. The number of aryl methyl sites for hydroxylation is 2. The van der Waals surface area contributed by atoms with Crippen molar-refractivity contribution >= 4 is 0 Å². The molecule has 4 aliphatic heterocycles. The van der Waals surface area contributed by atoms with Crippen molar-refractivity contribution in [2.24, 2.45) is 0 Å². The van der Waals surface area contributed by atoms with Gasteiger partial charge in [-0.25, -0.2) is 0 Å². The van der Waals surface area contributed by atoms with E-state index in [1.807, 2.05) is 0 Å². The monoisotopic (exact) mass is 981 g/mol. The van der Waals surface area contributed by atoms with E-state index in [9.17, 15) is 76.0 Å². The average molecular weight is 982 g/mol. The van der Waals surface area contributed by atoms with Crippen LogP contribution in [0.1, 0.15) is 59.2 Å². The lowest BCUT2D eigenvalue weighted by molar-refractivity contribution is -0.278. The lowest BCUT2D eigenvalue weighted by Gasteiger charge is -2.40. The Morgan fingerprint density at radius 2 is 0.957 bits per heavy atom. The Morgan fingerprint density at radius 1 is 0.493 bits per heavy atom. The quantitative estimate of drug-likeness (QED) is 0.0955. The predicted molar refractivity (Wildman–Crippen MR) is 234 cm³/mol. The number of aliphatic hydroxyl groups is 12. The van der Waals surface area contributed by atoms with E-state index in [0.717, 1.165) is 97.8 Å². The van der Waals surface area contributed by atoms with Crippen molar-refractivity contribution < 1.29 is 94.8 Å². The third kappa shape index (κ3) is 11.9. The van der Waals surface area contributed by atoms with Crippen LogP contribution in [0.25, 0.3) is 0 Å². The number of fused-ring (bicyclic) bond motifs is 3. The lowest BCUT2D eigenvalue weighted by Crippen LogP contribution is -2.60. The molecule has 0 radical (unpaired) electrons. The molecule has 3 aromatic rings. The van der Waals surface area contributed by atoms with Gasteiger partial charge in [0, 0.05) is 47.1 Å². The molecule has 15 atom stereocenters. The van der Waals surface area contributed by atoms with Crippen LogP contribution < -0.4 is 30.6 Å².